The van der Waals surface area contributed by atoms with Crippen molar-refractivity contribution in [3.63, 3.8) is 0 Å². The smallest absolute Gasteiger partial charge is 0.240 e. The van der Waals surface area contributed by atoms with E-state index in [-0.39, 0.29) is 6.04 Å². The van der Waals surface area contributed by atoms with Crippen LogP contribution in [0.15, 0.2) is 0 Å². The molecule has 1 N–H and O–H groups in total. The third-order valence-electron chi connectivity index (χ3n) is 5.25. The summed E-state index contributed by atoms with van der Waals surface area (Å²) in [7, 11) is 0. The Balaban J connectivity index is 1.76. The molecule has 18 heavy (non-hydrogen) atoms. The summed E-state index contributed by atoms with van der Waals surface area (Å²) in [5, 5.41) is 3.56. The van der Waals surface area contributed by atoms with Crippen LogP contribution in [0.25, 0.3) is 0 Å². The molecule has 3 nitrogen and oxygen atoms in total. The van der Waals surface area contributed by atoms with Gasteiger partial charge in [-0.1, -0.05) is 19.8 Å². The molecule has 1 saturated heterocycles. The van der Waals surface area contributed by atoms with Crippen LogP contribution >= 0.6 is 0 Å². The summed E-state index contributed by atoms with van der Waals surface area (Å²) in [5.74, 6) is 1.85. The molecule has 3 aliphatic rings. The highest BCUT2D eigenvalue weighted by Gasteiger charge is 2.45. The number of nitrogens with zero attached hydrogens (tertiary/aromatic N) is 1. The fraction of sp³-hybridized carbons (Fsp3) is 0.933. The van der Waals surface area contributed by atoms with Crippen molar-refractivity contribution in [3.8, 4) is 0 Å². The third kappa shape index (κ3) is 2.07. The predicted molar refractivity (Wildman–Crippen MR) is 72.0 cm³/mol. The van der Waals surface area contributed by atoms with E-state index in [1.165, 1.54) is 44.9 Å². The van der Waals surface area contributed by atoms with Gasteiger partial charge in [0.05, 0.1) is 12.2 Å². The predicted octanol–water partition coefficient (Wildman–Crippen LogP) is 2.51. The minimum atomic E-state index is 0.0338. The van der Waals surface area contributed by atoms with Crippen molar-refractivity contribution in [2.24, 2.45) is 11.8 Å². The Morgan fingerprint density at radius 2 is 1.83 bits per heavy atom. The standard InChI is InChI=1S/C15H26N2O/c1-10-7-8-13(9-10)17-14(12-5-3-4-6-12)16-11(2)15(17)18/h10-14,16H,3-9H2,1-2H3. The number of rotatable bonds is 2. The summed E-state index contributed by atoms with van der Waals surface area (Å²) in [6.07, 6.45) is 9.35. The molecule has 2 aliphatic carbocycles. The Labute approximate surface area is 110 Å². The van der Waals surface area contributed by atoms with Crippen molar-refractivity contribution in [1.82, 2.24) is 10.2 Å². The second-order valence-corrected chi connectivity index (χ2v) is 6.70. The van der Waals surface area contributed by atoms with E-state index >= 15 is 0 Å². The number of carbonyl (C=O) groups is 1. The van der Waals surface area contributed by atoms with Gasteiger partial charge in [0.25, 0.3) is 0 Å². The topological polar surface area (TPSA) is 32.3 Å². The molecule has 102 valence electrons. The molecule has 1 heterocycles. The Morgan fingerprint density at radius 1 is 1.11 bits per heavy atom. The number of hydrogen-bond donors (Lipinski definition) is 1. The third-order valence-corrected chi connectivity index (χ3v) is 5.25. The molecule has 4 unspecified atom stereocenters. The van der Waals surface area contributed by atoms with Crippen LogP contribution in [0, 0.1) is 11.8 Å². The van der Waals surface area contributed by atoms with E-state index in [2.05, 4.69) is 17.1 Å². The maximum absolute atomic E-state index is 12.4. The van der Waals surface area contributed by atoms with Crippen LogP contribution in [0.2, 0.25) is 0 Å². The minimum Gasteiger partial charge on any atom is -0.323 e. The molecule has 1 amide bonds. The van der Waals surface area contributed by atoms with Crippen LogP contribution in [-0.4, -0.2) is 29.1 Å². The van der Waals surface area contributed by atoms with Crippen molar-refractivity contribution in [2.75, 3.05) is 0 Å². The van der Waals surface area contributed by atoms with Gasteiger partial charge in [-0.05, 0) is 50.9 Å². The zero-order valence-electron chi connectivity index (χ0n) is 11.7. The van der Waals surface area contributed by atoms with Crippen LogP contribution < -0.4 is 5.32 Å². The second-order valence-electron chi connectivity index (χ2n) is 6.70. The molecular weight excluding hydrogens is 224 g/mol. The Bertz CT molecular complexity index is 324. The van der Waals surface area contributed by atoms with E-state index < -0.39 is 0 Å². The summed E-state index contributed by atoms with van der Waals surface area (Å²) < 4.78 is 0. The van der Waals surface area contributed by atoms with Gasteiger partial charge in [0.1, 0.15) is 0 Å². The average Bonchev–Trinajstić information content (AvgIpc) is 3.02. The van der Waals surface area contributed by atoms with Gasteiger partial charge in [-0.25, -0.2) is 0 Å². The molecule has 3 fully saturated rings. The van der Waals surface area contributed by atoms with E-state index in [1.807, 2.05) is 6.92 Å². The lowest BCUT2D eigenvalue weighted by atomic mass is 10.0. The fourth-order valence-electron chi connectivity index (χ4n) is 4.24. The van der Waals surface area contributed by atoms with Crippen molar-refractivity contribution in [2.45, 2.75) is 77.0 Å². The minimum absolute atomic E-state index is 0.0338. The summed E-state index contributed by atoms with van der Waals surface area (Å²) in [5.41, 5.74) is 0. The van der Waals surface area contributed by atoms with Gasteiger partial charge >= 0.3 is 0 Å². The molecule has 0 bridgehead atoms. The SMILES string of the molecule is CC1CCC(N2C(=O)C(C)NC2C2CCCC2)C1. The zero-order chi connectivity index (χ0) is 12.7. The first kappa shape index (κ1) is 12.5. The highest BCUT2D eigenvalue weighted by Crippen LogP contribution is 2.37. The van der Waals surface area contributed by atoms with E-state index in [1.54, 1.807) is 0 Å². The van der Waals surface area contributed by atoms with Gasteiger partial charge in [-0.3, -0.25) is 10.1 Å². The van der Waals surface area contributed by atoms with Crippen LogP contribution in [0.1, 0.15) is 58.8 Å². The largest absolute Gasteiger partial charge is 0.323 e. The van der Waals surface area contributed by atoms with Crippen LogP contribution in [0.5, 0.6) is 0 Å². The molecule has 0 radical (unpaired) electrons. The zero-order valence-corrected chi connectivity index (χ0v) is 11.7. The van der Waals surface area contributed by atoms with Gasteiger partial charge in [0.2, 0.25) is 5.91 Å². The van der Waals surface area contributed by atoms with Crippen molar-refractivity contribution in [1.29, 1.82) is 0 Å². The molecule has 0 aromatic rings. The highest BCUT2D eigenvalue weighted by atomic mass is 16.2. The van der Waals surface area contributed by atoms with Crippen molar-refractivity contribution in [3.05, 3.63) is 0 Å². The first-order chi connectivity index (χ1) is 8.66. The van der Waals surface area contributed by atoms with Crippen LogP contribution in [0.4, 0.5) is 0 Å². The summed E-state index contributed by atoms with van der Waals surface area (Å²) in [6, 6.07) is 0.544. The Kier molecular flexibility index (Phi) is 3.35. The number of amides is 1. The molecular formula is C15H26N2O. The number of nitrogens with one attached hydrogen (secondary N) is 1. The van der Waals surface area contributed by atoms with Gasteiger partial charge < -0.3 is 4.90 Å². The first-order valence-electron chi connectivity index (χ1n) is 7.75. The van der Waals surface area contributed by atoms with Crippen LogP contribution in [-0.2, 0) is 4.79 Å². The molecule has 3 rings (SSSR count). The fourth-order valence-corrected chi connectivity index (χ4v) is 4.24. The van der Waals surface area contributed by atoms with Gasteiger partial charge in [-0.2, -0.15) is 0 Å². The van der Waals surface area contributed by atoms with E-state index in [9.17, 15) is 4.79 Å². The lowest BCUT2D eigenvalue weighted by Gasteiger charge is -2.34. The van der Waals surface area contributed by atoms with E-state index in [0.29, 0.717) is 24.0 Å². The molecule has 0 aromatic carbocycles. The van der Waals surface area contributed by atoms with Crippen molar-refractivity contribution >= 4 is 5.91 Å². The monoisotopic (exact) mass is 250 g/mol. The van der Waals surface area contributed by atoms with Gasteiger partial charge in [-0.15, -0.1) is 0 Å². The summed E-state index contributed by atoms with van der Waals surface area (Å²) in [4.78, 5) is 14.7. The second kappa shape index (κ2) is 4.84. The Hall–Kier alpha value is -0.570. The average molecular weight is 250 g/mol. The van der Waals surface area contributed by atoms with Crippen molar-refractivity contribution < 1.29 is 4.79 Å². The van der Waals surface area contributed by atoms with E-state index in [0.717, 1.165) is 5.92 Å². The summed E-state index contributed by atoms with van der Waals surface area (Å²) >= 11 is 0. The summed E-state index contributed by atoms with van der Waals surface area (Å²) in [6.45, 7) is 4.35. The normalized spacial score (nSPS) is 42.1. The van der Waals surface area contributed by atoms with E-state index in [4.69, 9.17) is 0 Å². The molecule has 0 spiro atoms. The number of hydrogen-bond acceptors (Lipinski definition) is 2. The van der Waals surface area contributed by atoms with Gasteiger partial charge in [0.15, 0.2) is 0 Å². The molecule has 2 saturated carbocycles. The quantitative estimate of drug-likeness (QED) is 0.816. The maximum atomic E-state index is 12.4. The Morgan fingerprint density at radius 3 is 2.44 bits per heavy atom. The lowest BCUT2D eigenvalue weighted by Crippen LogP contribution is -2.47. The first-order valence-corrected chi connectivity index (χ1v) is 7.75. The lowest BCUT2D eigenvalue weighted by molar-refractivity contribution is -0.132. The van der Waals surface area contributed by atoms with Gasteiger partial charge in [0, 0.05) is 6.04 Å². The highest BCUT2D eigenvalue weighted by molar-refractivity contribution is 5.84. The number of carbonyl (C=O) groups excluding carboxylic acids is 1. The molecule has 3 heteroatoms. The van der Waals surface area contributed by atoms with Crippen LogP contribution in [0.3, 0.4) is 0 Å². The molecule has 4 atom stereocenters. The molecule has 1 aliphatic heterocycles. The maximum Gasteiger partial charge on any atom is 0.240 e. The molecule has 0 aromatic heterocycles.